The average molecular weight is 317 g/mol. The van der Waals surface area contributed by atoms with E-state index in [-0.39, 0.29) is 23.2 Å². The molecule has 0 aliphatic heterocycles. The Morgan fingerprint density at radius 3 is 2.52 bits per heavy atom. The lowest BCUT2D eigenvalue weighted by atomic mass is 10.0. The minimum atomic E-state index is -3.08. The van der Waals surface area contributed by atoms with Crippen molar-refractivity contribution < 1.29 is 23.1 Å². The Labute approximate surface area is 131 Å². The van der Waals surface area contributed by atoms with Gasteiger partial charge in [0.1, 0.15) is 6.54 Å². The fraction of sp³-hybridized carbons (Fsp3) is 0.176. The van der Waals surface area contributed by atoms with Crippen LogP contribution in [0.15, 0.2) is 42.5 Å². The van der Waals surface area contributed by atoms with Crippen molar-refractivity contribution >= 4 is 11.9 Å². The van der Waals surface area contributed by atoms with E-state index in [1.54, 1.807) is 18.2 Å². The van der Waals surface area contributed by atoms with Crippen LogP contribution in [0.2, 0.25) is 0 Å². The first-order valence-corrected chi connectivity index (χ1v) is 6.92. The Bertz CT molecular complexity index is 802. The summed E-state index contributed by atoms with van der Waals surface area (Å²) >= 11 is 0. The predicted octanol–water partition coefficient (Wildman–Crippen LogP) is 2.71. The van der Waals surface area contributed by atoms with Crippen LogP contribution in [0.4, 0.5) is 8.78 Å². The van der Waals surface area contributed by atoms with E-state index in [9.17, 15) is 18.4 Å². The largest absolute Gasteiger partial charge is 0.468 e. The van der Waals surface area contributed by atoms with Gasteiger partial charge in [-0.2, -0.15) is 8.78 Å². The number of carbonyl (C=O) groups is 2. The van der Waals surface area contributed by atoms with Crippen molar-refractivity contribution in [1.29, 1.82) is 0 Å². The summed E-state index contributed by atoms with van der Waals surface area (Å²) in [6.45, 7) is -0.279. The molecule has 118 valence electrons. The van der Waals surface area contributed by atoms with Gasteiger partial charge in [-0.3, -0.25) is 9.59 Å². The van der Waals surface area contributed by atoms with Crippen molar-refractivity contribution in [1.82, 2.24) is 5.32 Å². The molecular weight excluding hydrogens is 304 g/mol. The molecule has 23 heavy (non-hydrogen) atoms. The zero-order valence-electron chi connectivity index (χ0n) is 12.2. The first-order chi connectivity index (χ1) is 10.9. The molecule has 2 aromatic carbocycles. The SMILES string of the molecule is COC(=O)CNC(=O)c1ccc2c(c1)-c1ccccc1C2(F)F. The number of methoxy groups -OCH3 is 1. The Morgan fingerprint density at radius 1 is 1.09 bits per heavy atom. The van der Waals surface area contributed by atoms with Crippen molar-refractivity contribution in [3.8, 4) is 11.1 Å². The Balaban J connectivity index is 1.96. The number of hydrogen-bond donors (Lipinski definition) is 1. The maximum absolute atomic E-state index is 14.4. The van der Waals surface area contributed by atoms with Gasteiger partial charge in [0.15, 0.2) is 0 Å². The molecule has 6 heteroatoms. The Morgan fingerprint density at radius 2 is 1.78 bits per heavy atom. The number of amides is 1. The van der Waals surface area contributed by atoms with Gasteiger partial charge >= 0.3 is 5.97 Å². The summed E-state index contributed by atoms with van der Waals surface area (Å²) in [6, 6.07) is 10.2. The van der Waals surface area contributed by atoms with E-state index in [1.807, 2.05) is 0 Å². The second-order valence-electron chi connectivity index (χ2n) is 5.14. The van der Waals surface area contributed by atoms with E-state index < -0.39 is 17.8 Å². The van der Waals surface area contributed by atoms with Crippen LogP contribution in [0.5, 0.6) is 0 Å². The van der Waals surface area contributed by atoms with Gasteiger partial charge in [0.25, 0.3) is 11.8 Å². The highest BCUT2D eigenvalue weighted by molar-refractivity contribution is 5.98. The lowest BCUT2D eigenvalue weighted by Crippen LogP contribution is -2.30. The minimum Gasteiger partial charge on any atom is -0.468 e. The van der Waals surface area contributed by atoms with Gasteiger partial charge in [-0.1, -0.05) is 30.3 Å². The number of hydrogen-bond acceptors (Lipinski definition) is 3. The topological polar surface area (TPSA) is 55.4 Å². The van der Waals surface area contributed by atoms with Crippen molar-refractivity contribution in [3.05, 3.63) is 59.2 Å². The average Bonchev–Trinajstić information content (AvgIpc) is 2.80. The van der Waals surface area contributed by atoms with Gasteiger partial charge in [-0.25, -0.2) is 0 Å². The number of nitrogens with one attached hydrogen (secondary N) is 1. The molecule has 0 bridgehead atoms. The molecular formula is C17H13F2NO3. The zero-order chi connectivity index (χ0) is 16.6. The molecule has 0 saturated heterocycles. The van der Waals surface area contributed by atoms with E-state index in [1.165, 1.54) is 31.4 Å². The number of rotatable bonds is 3. The van der Waals surface area contributed by atoms with Crippen LogP contribution in [0.3, 0.4) is 0 Å². The molecule has 0 radical (unpaired) electrons. The van der Waals surface area contributed by atoms with Crippen molar-refractivity contribution in [2.24, 2.45) is 0 Å². The van der Waals surface area contributed by atoms with Gasteiger partial charge in [0, 0.05) is 16.7 Å². The number of ether oxygens (including phenoxy) is 1. The highest BCUT2D eigenvalue weighted by atomic mass is 19.3. The summed E-state index contributed by atoms with van der Waals surface area (Å²) in [5.41, 5.74) is 0.761. The number of benzene rings is 2. The predicted molar refractivity (Wildman–Crippen MR) is 79.2 cm³/mol. The van der Waals surface area contributed by atoms with E-state index in [2.05, 4.69) is 10.1 Å². The van der Waals surface area contributed by atoms with Crippen LogP contribution in [0.1, 0.15) is 21.5 Å². The zero-order valence-corrected chi connectivity index (χ0v) is 12.2. The van der Waals surface area contributed by atoms with Gasteiger partial charge < -0.3 is 10.1 Å². The highest BCUT2D eigenvalue weighted by Crippen LogP contribution is 2.50. The number of esters is 1. The van der Waals surface area contributed by atoms with Gasteiger partial charge in [-0.15, -0.1) is 0 Å². The molecule has 2 aromatic rings. The molecule has 1 N–H and O–H groups in total. The van der Waals surface area contributed by atoms with Crippen LogP contribution >= 0.6 is 0 Å². The molecule has 0 atom stereocenters. The summed E-state index contributed by atoms with van der Waals surface area (Å²) < 4.78 is 33.2. The number of carbonyl (C=O) groups excluding carboxylic acids is 2. The molecule has 0 heterocycles. The van der Waals surface area contributed by atoms with Crippen LogP contribution in [-0.4, -0.2) is 25.5 Å². The van der Waals surface area contributed by atoms with Crippen LogP contribution in [-0.2, 0) is 15.5 Å². The first kappa shape index (κ1) is 15.1. The summed E-state index contributed by atoms with van der Waals surface area (Å²) in [4.78, 5) is 23.1. The van der Waals surface area contributed by atoms with Crippen LogP contribution in [0.25, 0.3) is 11.1 Å². The third kappa shape index (κ3) is 2.46. The molecule has 1 aliphatic rings. The number of halogens is 2. The minimum absolute atomic E-state index is 0.0675. The normalized spacial score (nSPS) is 13.9. The van der Waals surface area contributed by atoms with Crippen LogP contribution in [0, 0.1) is 0 Å². The van der Waals surface area contributed by atoms with Crippen molar-refractivity contribution in [2.45, 2.75) is 5.92 Å². The lowest BCUT2D eigenvalue weighted by Gasteiger charge is -2.12. The van der Waals surface area contributed by atoms with Crippen molar-refractivity contribution in [2.75, 3.05) is 13.7 Å². The molecule has 0 fully saturated rings. The molecule has 3 rings (SSSR count). The van der Waals surface area contributed by atoms with E-state index >= 15 is 0 Å². The summed E-state index contributed by atoms with van der Waals surface area (Å²) in [5.74, 6) is -4.19. The second-order valence-corrected chi connectivity index (χ2v) is 5.14. The molecule has 0 saturated carbocycles. The van der Waals surface area contributed by atoms with E-state index in [0.29, 0.717) is 11.1 Å². The smallest absolute Gasteiger partial charge is 0.325 e. The summed E-state index contributed by atoms with van der Waals surface area (Å²) in [7, 11) is 1.21. The summed E-state index contributed by atoms with van der Waals surface area (Å²) in [6.07, 6.45) is 0. The Kier molecular flexibility index (Phi) is 3.60. The van der Waals surface area contributed by atoms with Crippen LogP contribution < -0.4 is 5.32 Å². The fourth-order valence-electron chi connectivity index (χ4n) is 2.65. The van der Waals surface area contributed by atoms with E-state index in [0.717, 1.165) is 0 Å². The summed E-state index contributed by atoms with van der Waals surface area (Å²) in [5, 5.41) is 2.38. The monoisotopic (exact) mass is 317 g/mol. The highest BCUT2D eigenvalue weighted by Gasteiger charge is 2.44. The second kappa shape index (κ2) is 5.46. The van der Waals surface area contributed by atoms with E-state index in [4.69, 9.17) is 0 Å². The molecule has 1 aliphatic carbocycles. The maximum atomic E-state index is 14.4. The molecule has 1 amide bonds. The first-order valence-electron chi connectivity index (χ1n) is 6.92. The quantitative estimate of drug-likeness (QED) is 0.886. The molecule has 0 spiro atoms. The third-order valence-corrected chi connectivity index (χ3v) is 3.80. The standard InChI is InChI=1S/C17H13F2NO3/c1-23-15(21)9-20-16(22)10-6-7-14-12(8-10)11-4-2-3-5-13(11)17(14,18)19/h2-8H,9H2,1H3,(H,20,22). The molecule has 4 nitrogen and oxygen atoms in total. The maximum Gasteiger partial charge on any atom is 0.325 e. The van der Waals surface area contributed by atoms with Gasteiger partial charge in [0.2, 0.25) is 0 Å². The number of fused-ring (bicyclic) bond motifs is 3. The Hall–Kier alpha value is -2.76. The van der Waals surface area contributed by atoms with Crippen molar-refractivity contribution in [3.63, 3.8) is 0 Å². The molecule has 0 unspecified atom stereocenters. The molecule has 0 aromatic heterocycles. The van der Waals surface area contributed by atoms with Gasteiger partial charge in [0.05, 0.1) is 7.11 Å². The fourth-order valence-corrected chi connectivity index (χ4v) is 2.65. The third-order valence-electron chi connectivity index (χ3n) is 3.80. The lowest BCUT2D eigenvalue weighted by molar-refractivity contribution is -0.139. The number of alkyl halides is 2. The van der Waals surface area contributed by atoms with Gasteiger partial charge in [-0.05, 0) is 23.3 Å².